The second-order valence-corrected chi connectivity index (χ2v) is 7.07. The molecule has 23 heavy (non-hydrogen) atoms. The Balaban J connectivity index is 1.76. The van der Waals surface area contributed by atoms with Crippen LogP contribution in [0.3, 0.4) is 0 Å². The Bertz CT molecular complexity index is 588. The van der Waals surface area contributed by atoms with Crippen LogP contribution in [0.5, 0.6) is 0 Å². The fraction of sp³-hybridized carbons (Fsp3) is 0.611. The molecule has 2 aliphatic heterocycles. The van der Waals surface area contributed by atoms with Gasteiger partial charge >= 0.3 is 5.97 Å². The minimum Gasteiger partial charge on any atom is -0.461 e. The van der Waals surface area contributed by atoms with Gasteiger partial charge in [-0.2, -0.15) is 0 Å². The van der Waals surface area contributed by atoms with Crippen LogP contribution in [0.1, 0.15) is 33.3 Å². The number of hydrogen-bond donors (Lipinski definition) is 0. The minimum atomic E-state index is -0.759. The predicted molar refractivity (Wildman–Crippen MR) is 86.9 cm³/mol. The van der Waals surface area contributed by atoms with Gasteiger partial charge in [0.2, 0.25) is 0 Å². The maximum atomic E-state index is 12.6. The van der Waals surface area contributed by atoms with Crippen LogP contribution in [-0.2, 0) is 25.6 Å². The van der Waals surface area contributed by atoms with E-state index in [0.29, 0.717) is 0 Å². The van der Waals surface area contributed by atoms with Crippen LogP contribution in [0, 0.1) is 11.8 Å². The van der Waals surface area contributed by atoms with Crippen molar-refractivity contribution in [2.45, 2.75) is 57.6 Å². The van der Waals surface area contributed by atoms with Crippen molar-refractivity contribution < 1.29 is 19.0 Å². The van der Waals surface area contributed by atoms with Crippen molar-refractivity contribution in [2.75, 3.05) is 0 Å². The van der Waals surface area contributed by atoms with Crippen molar-refractivity contribution in [1.29, 1.82) is 0 Å². The van der Waals surface area contributed by atoms with E-state index in [1.54, 1.807) is 0 Å². The molecule has 5 atom stereocenters. The molecule has 0 saturated carbocycles. The third-order valence-corrected chi connectivity index (χ3v) is 5.42. The molecule has 2 bridgehead atoms. The van der Waals surface area contributed by atoms with E-state index in [1.165, 1.54) is 0 Å². The molecule has 2 unspecified atom stereocenters. The number of ether oxygens (including phenoxy) is 3. The molecule has 0 amide bonds. The van der Waals surface area contributed by atoms with Crippen molar-refractivity contribution in [1.82, 2.24) is 0 Å². The number of carbonyl (C=O) groups excluding carboxylic acids is 1. The predicted octanol–water partition coefficient (Wildman–Crippen LogP) is 2.44. The highest BCUT2D eigenvalue weighted by molar-refractivity contribution is 6.11. The van der Waals surface area contributed by atoms with E-state index in [-0.39, 0.29) is 24.6 Å². The van der Waals surface area contributed by atoms with Crippen LogP contribution in [-0.4, -0.2) is 37.1 Å². The molecule has 4 nitrogen and oxygen atoms in total. The Morgan fingerprint density at radius 1 is 1.30 bits per heavy atom. The van der Waals surface area contributed by atoms with E-state index in [1.807, 2.05) is 58.0 Å². The molecule has 0 spiro atoms. The molecular weight excluding hydrogens is 291 g/mol. The topological polar surface area (TPSA) is 44.8 Å². The molecule has 0 aliphatic carbocycles. The third-order valence-electron chi connectivity index (χ3n) is 5.42. The lowest BCUT2D eigenvalue weighted by Gasteiger charge is -2.46. The number of carbonyl (C=O) groups is 1. The van der Waals surface area contributed by atoms with Crippen molar-refractivity contribution in [3.05, 3.63) is 35.9 Å². The van der Waals surface area contributed by atoms with Gasteiger partial charge in [0.15, 0.2) is 0 Å². The molecule has 1 aromatic rings. The van der Waals surface area contributed by atoms with Gasteiger partial charge in [0.05, 0.1) is 17.6 Å². The summed E-state index contributed by atoms with van der Waals surface area (Å²) in [4.78, 5) is 12.6. The molecule has 2 fully saturated rings. The van der Waals surface area contributed by atoms with Crippen molar-refractivity contribution in [3.8, 4) is 0 Å². The van der Waals surface area contributed by atoms with Gasteiger partial charge in [-0.15, -0.1) is 0 Å². The average Bonchev–Trinajstić information content (AvgIpc) is 2.89. The maximum absolute atomic E-state index is 12.6. The smallest absolute Gasteiger partial charge is 0.312 e. The zero-order chi connectivity index (χ0) is 16.8. The van der Waals surface area contributed by atoms with Crippen LogP contribution < -0.4 is 0 Å². The van der Waals surface area contributed by atoms with Gasteiger partial charge in [-0.25, -0.2) is 0 Å². The molecule has 3 rings (SSSR count). The van der Waals surface area contributed by atoms with Crippen molar-refractivity contribution in [2.24, 2.45) is 11.8 Å². The second kappa shape index (κ2) is 5.64. The number of esters is 1. The molecule has 2 radical (unpaired) electrons. The summed E-state index contributed by atoms with van der Waals surface area (Å²) in [5.41, 5.74) is -0.384. The van der Waals surface area contributed by atoms with Crippen LogP contribution in [0.2, 0.25) is 0 Å². The number of fused-ring (bicyclic) bond motifs is 2. The van der Waals surface area contributed by atoms with Gasteiger partial charge < -0.3 is 14.2 Å². The largest absolute Gasteiger partial charge is 0.461 e. The quantitative estimate of drug-likeness (QED) is 0.632. The van der Waals surface area contributed by atoms with Crippen LogP contribution in [0.4, 0.5) is 0 Å². The van der Waals surface area contributed by atoms with E-state index in [2.05, 4.69) is 0 Å². The maximum Gasteiger partial charge on any atom is 0.312 e. The summed E-state index contributed by atoms with van der Waals surface area (Å²) >= 11 is 0. The third kappa shape index (κ3) is 2.41. The summed E-state index contributed by atoms with van der Waals surface area (Å²) < 4.78 is 17.6. The van der Waals surface area contributed by atoms with Gasteiger partial charge in [-0.05, 0) is 26.3 Å². The fourth-order valence-corrected chi connectivity index (χ4v) is 4.27. The first kappa shape index (κ1) is 16.5. The second-order valence-electron chi connectivity index (χ2n) is 7.07. The molecule has 1 aromatic carbocycles. The van der Waals surface area contributed by atoms with Crippen molar-refractivity contribution in [3.63, 3.8) is 0 Å². The lowest BCUT2D eigenvalue weighted by molar-refractivity contribution is -0.228. The van der Waals surface area contributed by atoms with Gasteiger partial charge in [-0.1, -0.05) is 37.3 Å². The summed E-state index contributed by atoms with van der Waals surface area (Å²) in [6.45, 7) is 8.04. The molecular formula is C18H23BO4. The minimum absolute atomic E-state index is 0.0341. The average molecular weight is 314 g/mol. The monoisotopic (exact) mass is 314 g/mol. The first-order valence-corrected chi connectivity index (χ1v) is 8.11. The molecule has 0 N–H and O–H groups in total. The van der Waals surface area contributed by atoms with E-state index in [4.69, 9.17) is 22.1 Å². The normalized spacial score (nSPS) is 35.9. The van der Waals surface area contributed by atoms with Gasteiger partial charge in [0.1, 0.15) is 20.1 Å². The van der Waals surface area contributed by atoms with Crippen LogP contribution in [0.15, 0.2) is 30.3 Å². The number of benzene rings is 1. The molecule has 5 heteroatoms. The van der Waals surface area contributed by atoms with Crippen LogP contribution >= 0.6 is 0 Å². The summed E-state index contributed by atoms with van der Waals surface area (Å²) in [6.07, 6.45) is -0.186. The van der Waals surface area contributed by atoms with Crippen molar-refractivity contribution >= 4 is 13.8 Å². The van der Waals surface area contributed by atoms with E-state index in [9.17, 15) is 4.79 Å². The molecule has 2 aliphatic rings. The van der Waals surface area contributed by atoms with Gasteiger partial charge in [0, 0.05) is 11.9 Å². The molecule has 2 heterocycles. The SMILES string of the molecule is [B][C@@H]1O[C@@]2(C(C)C(=O)OCc3ccccc3)C(C)[C@@H]1OC2(C)C. The molecule has 122 valence electrons. The Kier molecular flexibility index (Phi) is 4.05. The molecule has 2 saturated heterocycles. The number of hydrogen-bond acceptors (Lipinski definition) is 4. The van der Waals surface area contributed by atoms with Gasteiger partial charge in [0.25, 0.3) is 0 Å². The Morgan fingerprint density at radius 2 is 1.96 bits per heavy atom. The summed E-state index contributed by atoms with van der Waals surface area (Å²) in [6, 6.07) is 9.14. The lowest BCUT2D eigenvalue weighted by Crippen LogP contribution is -2.59. The lowest BCUT2D eigenvalue weighted by atomic mass is 9.70. The van der Waals surface area contributed by atoms with Gasteiger partial charge in [-0.3, -0.25) is 4.79 Å². The Hall–Kier alpha value is -1.33. The highest BCUT2D eigenvalue weighted by Gasteiger charge is 2.70. The van der Waals surface area contributed by atoms with E-state index >= 15 is 0 Å². The summed E-state index contributed by atoms with van der Waals surface area (Å²) in [5, 5.41) is 0. The van der Waals surface area contributed by atoms with E-state index < -0.39 is 23.1 Å². The zero-order valence-electron chi connectivity index (χ0n) is 14.1. The summed E-state index contributed by atoms with van der Waals surface area (Å²) in [7, 11) is 6.02. The highest BCUT2D eigenvalue weighted by Crippen LogP contribution is 2.57. The Labute approximate surface area is 138 Å². The first-order valence-electron chi connectivity index (χ1n) is 8.11. The summed E-state index contributed by atoms with van der Waals surface area (Å²) in [5.74, 6) is -0.714. The molecule has 0 aromatic heterocycles. The standard InChI is InChI=1S/C18H23BO4/c1-11-14-15(19)23-18(11,17(3,4)22-14)12(2)16(20)21-10-13-8-6-5-7-9-13/h5-9,11-12,14-15H,10H2,1-4H3/t11?,12?,14-,15+,18+/m0/s1. The number of rotatable bonds is 4. The Morgan fingerprint density at radius 3 is 2.52 bits per heavy atom. The first-order chi connectivity index (χ1) is 10.8. The zero-order valence-corrected chi connectivity index (χ0v) is 14.1. The van der Waals surface area contributed by atoms with Crippen LogP contribution in [0.25, 0.3) is 0 Å². The van der Waals surface area contributed by atoms with E-state index in [0.717, 1.165) is 5.56 Å². The fourth-order valence-electron chi connectivity index (χ4n) is 4.27. The highest BCUT2D eigenvalue weighted by atomic mass is 16.6.